The van der Waals surface area contributed by atoms with Crippen molar-refractivity contribution in [2.45, 2.75) is 6.42 Å². The summed E-state index contributed by atoms with van der Waals surface area (Å²) in [6.07, 6.45) is 0.646. The summed E-state index contributed by atoms with van der Waals surface area (Å²) in [4.78, 5) is 11.0. The van der Waals surface area contributed by atoms with E-state index in [0.717, 1.165) is 0 Å². The summed E-state index contributed by atoms with van der Waals surface area (Å²) in [7, 11) is 0. The van der Waals surface area contributed by atoms with Crippen LogP contribution >= 0.6 is 0 Å². The quantitative estimate of drug-likeness (QED) is 0.600. The van der Waals surface area contributed by atoms with Crippen LogP contribution in [0.4, 0.5) is 5.69 Å². The number of nitrogens with two attached hydrogens (primary N) is 1. The number of rotatable bonds is 5. The van der Waals surface area contributed by atoms with E-state index in [9.17, 15) is 4.79 Å². The van der Waals surface area contributed by atoms with E-state index < -0.39 is 5.91 Å². The highest BCUT2D eigenvalue weighted by Gasteiger charge is 2.05. The minimum atomic E-state index is -0.447. The lowest BCUT2D eigenvalue weighted by molar-refractivity contribution is 0.100. The smallest absolute Gasteiger partial charge is 0.250 e. The second-order valence-electron chi connectivity index (χ2n) is 2.91. The van der Waals surface area contributed by atoms with Gasteiger partial charge in [-0.3, -0.25) is 4.79 Å². The standard InChI is InChI=1S/C10H14N2O2/c11-10(14)8-4-1-2-5-9(8)12-6-3-7-13/h1-2,4-5,12-13H,3,6-7H2,(H2,11,14). The van der Waals surface area contributed by atoms with Gasteiger partial charge >= 0.3 is 0 Å². The van der Waals surface area contributed by atoms with Crippen molar-refractivity contribution < 1.29 is 9.90 Å². The molecule has 4 N–H and O–H groups in total. The maximum atomic E-state index is 11.0. The summed E-state index contributed by atoms with van der Waals surface area (Å²) < 4.78 is 0. The van der Waals surface area contributed by atoms with E-state index in [-0.39, 0.29) is 6.61 Å². The highest BCUT2D eigenvalue weighted by atomic mass is 16.3. The number of benzene rings is 1. The number of para-hydroxylation sites is 1. The van der Waals surface area contributed by atoms with Gasteiger partial charge in [0, 0.05) is 18.8 Å². The predicted molar refractivity (Wildman–Crippen MR) is 55.2 cm³/mol. The van der Waals surface area contributed by atoms with E-state index in [1.165, 1.54) is 0 Å². The Morgan fingerprint density at radius 1 is 1.43 bits per heavy atom. The van der Waals surface area contributed by atoms with Crippen LogP contribution < -0.4 is 11.1 Å². The van der Waals surface area contributed by atoms with Crippen molar-refractivity contribution >= 4 is 11.6 Å². The molecule has 0 unspecified atom stereocenters. The van der Waals surface area contributed by atoms with Crippen molar-refractivity contribution in [3.05, 3.63) is 29.8 Å². The monoisotopic (exact) mass is 194 g/mol. The molecule has 14 heavy (non-hydrogen) atoms. The Labute approximate surface area is 82.7 Å². The van der Waals surface area contributed by atoms with Crippen molar-refractivity contribution in [2.75, 3.05) is 18.5 Å². The molecule has 0 aromatic heterocycles. The molecular weight excluding hydrogens is 180 g/mol. The topological polar surface area (TPSA) is 75.4 Å². The van der Waals surface area contributed by atoms with Crippen LogP contribution in [0.5, 0.6) is 0 Å². The average molecular weight is 194 g/mol. The third kappa shape index (κ3) is 2.74. The Morgan fingerprint density at radius 2 is 2.14 bits per heavy atom. The third-order valence-electron chi connectivity index (χ3n) is 1.84. The fraction of sp³-hybridized carbons (Fsp3) is 0.300. The molecule has 1 amide bonds. The molecule has 0 aliphatic heterocycles. The van der Waals surface area contributed by atoms with Gasteiger partial charge in [-0.05, 0) is 18.6 Å². The van der Waals surface area contributed by atoms with Gasteiger partial charge in [0.2, 0.25) is 0 Å². The SMILES string of the molecule is NC(=O)c1ccccc1NCCCO. The molecule has 4 heteroatoms. The van der Waals surface area contributed by atoms with Crippen LogP contribution in [0.15, 0.2) is 24.3 Å². The van der Waals surface area contributed by atoms with E-state index in [1.54, 1.807) is 18.2 Å². The van der Waals surface area contributed by atoms with Gasteiger partial charge in [-0.2, -0.15) is 0 Å². The Balaban J connectivity index is 2.69. The zero-order valence-electron chi connectivity index (χ0n) is 7.86. The van der Waals surface area contributed by atoms with Gasteiger partial charge in [0.15, 0.2) is 0 Å². The van der Waals surface area contributed by atoms with Crippen molar-refractivity contribution in [3.63, 3.8) is 0 Å². The first-order valence-corrected chi connectivity index (χ1v) is 4.49. The van der Waals surface area contributed by atoms with Gasteiger partial charge in [-0.15, -0.1) is 0 Å². The Hall–Kier alpha value is -1.55. The summed E-state index contributed by atoms with van der Waals surface area (Å²) >= 11 is 0. The fourth-order valence-electron chi connectivity index (χ4n) is 1.15. The Kier molecular flexibility index (Phi) is 3.94. The molecule has 1 rings (SSSR count). The molecule has 0 fully saturated rings. The maximum Gasteiger partial charge on any atom is 0.250 e. The van der Waals surface area contributed by atoms with Crippen molar-refractivity contribution in [1.82, 2.24) is 0 Å². The van der Waals surface area contributed by atoms with E-state index in [1.807, 2.05) is 6.07 Å². The molecule has 1 aromatic carbocycles. The number of hydrogen-bond acceptors (Lipinski definition) is 3. The first-order chi connectivity index (χ1) is 6.75. The lowest BCUT2D eigenvalue weighted by Gasteiger charge is -2.08. The normalized spacial score (nSPS) is 9.79. The lowest BCUT2D eigenvalue weighted by atomic mass is 10.1. The summed E-state index contributed by atoms with van der Waals surface area (Å²) in [6, 6.07) is 7.05. The second kappa shape index (κ2) is 5.24. The number of anilines is 1. The summed E-state index contributed by atoms with van der Waals surface area (Å²) in [6.45, 7) is 0.756. The van der Waals surface area contributed by atoms with Crippen LogP contribution in [0.3, 0.4) is 0 Å². The molecule has 0 aliphatic carbocycles. The maximum absolute atomic E-state index is 11.0. The van der Waals surface area contributed by atoms with Gasteiger partial charge in [-0.1, -0.05) is 12.1 Å². The fourth-order valence-corrected chi connectivity index (χ4v) is 1.15. The summed E-state index contributed by atoms with van der Waals surface area (Å²) in [5.41, 5.74) is 6.38. The first-order valence-electron chi connectivity index (χ1n) is 4.49. The van der Waals surface area contributed by atoms with E-state index in [2.05, 4.69) is 5.32 Å². The van der Waals surface area contributed by atoms with Gasteiger partial charge in [0.25, 0.3) is 5.91 Å². The van der Waals surface area contributed by atoms with Crippen LogP contribution in [0.1, 0.15) is 16.8 Å². The molecular formula is C10H14N2O2. The molecule has 0 aliphatic rings. The van der Waals surface area contributed by atoms with Crippen molar-refractivity contribution in [2.24, 2.45) is 5.73 Å². The van der Waals surface area contributed by atoms with Crippen LogP contribution in [0.2, 0.25) is 0 Å². The van der Waals surface area contributed by atoms with Gasteiger partial charge in [-0.25, -0.2) is 0 Å². The lowest BCUT2D eigenvalue weighted by Crippen LogP contribution is -2.15. The summed E-state index contributed by atoms with van der Waals surface area (Å²) in [5.74, 6) is -0.447. The summed E-state index contributed by atoms with van der Waals surface area (Å²) in [5, 5.41) is 11.6. The second-order valence-corrected chi connectivity index (χ2v) is 2.91. The highest BCUT2D eigenvalue weighted by molar-refractivity contribution is 5.98. The van der Waals surface area contributed by atoms with Gasteiger partial charge in [0.05, 0.1) is 5.56 Å². The first kappa shape index (κ1) is 10.5. The third-order valence-corrected chi connectivity index (χ3v) is 1.84. The van der Waals surface area contributed by atoms with E-state index in [0.29, 0.717) is 24.2 Å². The highest BCUT2D eigenvalue weighted by Crippen LogP contribution is 2.13. The molecule has 1 aromatic rings. The Morgan fingerprint density at radius 3 is 2.79 bits per heavy atom. The van der Waals surface area contributed by atoms with Crippen LogP contribution in [0, 0.1) is 0 Å². The zero-order valence-corrected chi connectivity index (χ0v) is 7.86. The minimum Gasteiger partial charge on any atom is -0.396 e. The molecule has 76 valence electrons. The Bertz CT molecular complexity index is 313. The number of hydrogen-bond donors (Lipinski definition) is 3. The number of carbonyl (C=O) groups excluding carboxylic acids is 1. The van der Waals surface area contributed by atoms with Gasteiger partial charge < -0.3 is 16.2 Å². The molecule has 0 spiro atoms. The molecule has 0 heterocycles. The van der Waals surface area contributed by atoms with E-state index in [4.69, 9.17) is 10.8 Å². The molecule has 4 nitrogen and oxygen atoms in total. The number of aliphatic hydroxyl groups is 1. The largest absolute Gasteiger partial charge is 0.396 e. The molecule has 0 atom stereocenters. The van der Waals surface area contributed by atoms with Crippen LogP contribution in [-0.4, -0.2) is 24.2 Å². The number of carbonyl (C=O) groups is 1. The average Bonchev–Trinajstić information content (AvgIpc) is 2.19. The number of nitrogens with one attached hydrogen (secondary N) is 1. The number of amides is 1. The molecule has 0 saturated carbocycles. The molecule has 0 bridgehead atoms. The van der Waals surface area contributed by atoms with Gasteiger partial charge in [0.1, 0.15) is 0 Å². The van der Waals surface area contributed by atoms with Crippen molar-refractivity contribution in [3.8, 4) is 0 Å². The number of primary amides is 1. The number of aliphatic hydroxyl groups excluding tert-OH is 1. The van der Waals surface area contributed by atoms with Crippen LogP contribution in [-0.2, 0) is 0 Å². The predicted octanol–water partition coefficient (Wildman–Crippen LogP) is 0.580. The minimum absolute atomic E-state index is 0.131. The van der Waals surface area contributed by atoms with E-state index >= 15 is 0 Å². The van der Waals surface area contributed by atoms with Crippen LogP contribution in [0.25, 0.3) is 0 Å². The molecule has 0 saturated heterocycles. The zero-order chi connectivity index (χ0) is 10.4. The molecule has 0 radical (unpaired) electrons. The van der Waals surface area contributed by atoms with Crippen molar-refractivity contribution in [1.29, 1.82) is 0 Å².